The molecule has 6 heteroatoms. The van der Waals surface area contributed by atoms with Crippen LogP contribution in [0.5, 0.6) is 0 Å². The standard InChI is InChI=1S/C15H15F3N2O/c1-14(2,3)13-19-11(8-12(21)20-13)9-4-6-10(7-5-9)15(16,17)18/h4-8H,1-3H3,(H,19,20,21). The number of aromatic nitrogens is 2. The first-order valence-electron chi connectivity index (χ1n) is 6.37. The number of alkyl halides is 3. The first kappa shape index (κ1) is 15.3. The molecule has 0 amide bonds. The largest absolute Gasteiger partial charge is 0.416 e. The average Bonchev–Trinajstić information content (AvgIpc) is 2.36. The Bertz CT molecular complexity index is 695. The molecule has 1 N–H and O–H groups in total. The van der Waals surface area contributed by atoms with E-state index in [1.165, 1.54) is 18.2 Å². The number of hydrogen-bond donors (Lipinski definition) is 1. The molecule has 0 aliphatic heterocycles. The Kier molecular flexibility index (Phi) is 3.65. The lowest BCUT2D eigenvalue weighted by atomic mass is 9.95. The van der Waals surface area contributed by atoms with Crippen molar-refractivity contribution in [2.75, 3.05) is 0 Å². The molecule has 21 heavy (non-hydrogen) atoms. The van der Waals surface area contributed by atoms with Gasteiger partial charge in [-0.1, -0.05) is 32.9 Å². The van der Waals surface area contributed by atoms with Gasteiger partial charge in [0.25, 0.3) is 5.56 Å². The third kappa shape index (κ3) is 3.51. The number of H-pyrrole nitrogens is 1. The van der Waals surface area contributed by atoms with E-state index in [4.69, 9.17) is 0 Å². The Labute approximate surface area is 119 Å². The van der Waals surface area contributed by atoms with Crippen LogP contribution >= 0.6 is 0 Å². The molecule has 2 rings (SSSR count). The van der Waals surface area contributed by atoms with Gasteiger partial charge in [-0.05, 0) is 12.1 Å². The molecule has 0 atom stereocenters. The van der Waals surface area contributed by atoms with Crippen molar-refractivity contribution in [1.82, 2.24) is 9.97 Å². The first-order valence-corrected chi connectivity index (χ1v) is 6.37. The summed E-state index contributed by atoms with van der Waals surface area (Å²) in [6.07, 6.45) is -4.38. The van der Waals surface area contributed by atoms with Gasteiger partial charge in [-0.3, -0.25) is 4.79 Å². The zero-order valence-electron chi connectivity index (χ0n) is 11.9. The molecule has 0 saturated heterocycles. The summed E-state index contributed by atoms with van der Waals surface area (Å²) in [5, 5.41) is 0. The second-order valence-electron chi connectivity index (χ2n) is 5.80. The third-order valence-electron chi connectivity index (χ3n) is 2.96. The van der Waals surface area contributed by atoms with Crippen molar-refractivity contribution in [3.8, 4) is 11.3 Å². The van der Waals surface area contributed by atoms with Crippen LogP contribution in [-0.4, -0.2) is 9.97 Å². The average molecular weight is 296 g/mol. The predicted molar refractivity (Wildman–Crippen MR) is 74.0 cm³/mol. The topological polar surface area (TPSA) is 45.8 Å². The van der Waals surface area contributed by atoms with Crippen molar-refractivity contribution in [2.24, 2.45) is 0 Å². The van der Waals surface area contributed by atoms with Gasteiger partial charge in [-0.25, -0.2) is 4.98 Å². The van der Waals surface area contributed by atoms with Crippen molar-refractivity contribution < 1.29 is 13.2 Å². The lowest BCUT2D eigenvalue weighted by molar-refractivity contribution is -0.137. The van der Waals surface area contributed by atoms with Crippen LogP contribution in [0.2, 0.25) is 0 Å². The first-order chi connectivity index (χ1) is 9.57. The van der Waals surface area contributed by atoms with Gasteiger partial charge >= 0.3 is 6.18 Å². The summed E-state index contributed by atoms with van der Waals surface area (Å²) < 4.78 is 37.6. The van der Waals surface area contributed by atoms with Gasteiger partial charge in [0.05, 0.1) is 11.3 Å². The normalized spacial score (nSPS) is 12.5. The van der Waals surface area contributed by atoms with Crippen molar-refractivity contribution in [2.45, 2.75) is 32.4 Å². The van der Waals surface area contributed by atoms with Crippen molar-refractivity contribution in [3.05, 3.63) is 52.1 Å². The zero-order valence-corrected chi connectivity index (χ0v) is 11.9. The fourth-order valence-corrected chi connectivity index (χ4v) is 1.79. The molecule has 1 heterocycles. The van der Waals surface area contributed by atoms with Gasteiger partial charge in [0.2, 0.25) is 0 Å². The van der Waals surface area contributed by atoms with E-state index in [1.807, 2.05) is 20.8 Å². The van der Waals surface area contributed by atoms with Gasteiger partial charge in [0, 0.05) is 17.0 Å². The number of halogens is 3. The lowest BCUT2D eigenvalue weighted by Gasteiger charge is -2.17. The van der Waals surface area contributed by atoms with Crippen molar-refractivity contribution in [1.29, 1.82) is 0 Å². The Morgan fingerprint density at radius 2 is 1.62 bits per heavy atom. The summed E-state index contributed by atoms with van der Waals surface area (Å²) >= 11 is 0. The highest BCUT2D eigenvalue weighted by Gasteiger charge is 2.30. The smallest absolute Gasteiger partial charge is 0.310 e. The molecular formula is C15H15F3N2O. The molecular weight excluding hydrogens is 281 g/mol. The van der Waals surface area contributed by atoms with Gasteiger partial charge in [0.15, 0.2) is 0 Å². The third-order valence-corrected chi connectivity index (χ3v) is 2.96. The van der Waals surface area contributed by atoms with E-state index in [0.29, 0.717) is 17.1 Å². The molecule has 0 spiro atoms. The van der Waals surface area contributed by atoms with Gasteiger partial charge in [-0.15, -0.1) is 0 Å². The molecule has 0 unspecified atom stereocenters. The molecule has 112 valence electrons. The molecule has 0 bridgehead atoms. The molecule has 0 aliphatic rings. The van der Waals surface area contributed by atoms with Crippen molar-refractivity contribution in [3.63, 3.8) is 0 Å². The Morgan fingerprint density at radius 3 is 2.10 bits per heavy atom. The van der Waals surface area contributed by atoms with E-state index in [9.17, 15) is 18.0 Å². The summed E-state index contributed by atoms with van der Waals surface area (Å²) in [5.41, 5.74) is -0.588. The molecule has 0 aliphatic carbocycles. The molecule has 0 fully saturated rings. The molecule has 1 aromatic heterocycles. The van der Waals surface area contributed by atoms with Crippen molar-refractivity contribution >= 4 is 0 Å². The van der Waals surface area contributed by atoms with Crippen LogP contribution in [0, 0.1) is 0 Å². The summed E-state index contributed by atoms with van der Waals surface area (Å²) in [5.74, 6) is 0.491. The Morgan fingerprint density at radius 1 is 1.05 bits per heavy atom. The quantitative estimate of drug-likeness (QED) is 0.871. The van der Waals surface area contributed by atoms with Gasteiger partial charge < -0.3 is 4.98 Å². The molecule has 1 aromatic carbocycles. The number of nitrogens with one attached hydrogen (secondary N) is 1. The maximum absolute atomic E-state index is 12.5. The highest BCUT2D eigenvalue weighted by molar-refractivity contribution is 5.59. The maximum Gasteiger partial charge on any atom is 0.416 e. The second-order valence-corrected chi connectivity index (χ2v) is 5.80. The highest BCUT2D eigenvalue weighted by Crippen LogP contribution is 2.30. The van der Waals surface area contributed by atoms with E-state index >= 15 is 0 Å². The summed E-state index contributed by atoms with van der Waals surface area (Å²) in [6, 6.07) is 5.87. The second kappa shape index (κ2) is 5.02. The van der Waals surface area contributed by atoms with Crippen LogP contribution < -0.4 is 5.56 Å². The number of hydrogen-bond acceptors (Lipinski definition) is 2. The molecule has 2 aromatic rings. The van der Waals surface area contributed by atoms with E-state index in [1.54, 1.807) is 0 Å². The summed E-state index contributed by atoms with van der Waals surface area (Å²) in [7, 11) is 0. The van der Waals surface area contributed by atoms with Crippen LogP contribution in [0.3, 0.4) is 0 Å². The van der Waals surface area contributed by atoms with Gasteiger partial charge in [-0.2, -0.15) is 13.2 Å². The summed E-state index contributed by atoms with van der Waals surface area (Å²) in [4.78, 5) is 18.7. The number of benzene rings is 1. The minimum absolute atomic E-state index is 0.329. The van der Waals surface area contributed by atoms with E-state index in [0.717, 1.165) is 12.1 Å². The van der Waals surface area contributed by atoms with Crippen LogP contribution in [0.25, 0.3) is 11.3 Å². The van der Waals surface area contributed by atoms with Crippen LogP contribution in [0.4, 0.5) is 13.2 Å². The minimum Gasteiger partial charge on any atom is -0.310 e. The molecule has 0 radical (unpaired) electrons. The minimum atomic E-state index is -4.38. The number of rotatable bonds is 1. The maximum atomic E-state index is 12.5. The molecule has 3 nitrogen and oxygen atoms in total. The van der Waals surface area contributed by atoms with E-state index < -0.39 is 11.7 Å². The van der Waals surface area contributed by atoms with Crippen LogP contribution in [0.15, 0.2) is 35.1 Å². The molecule has 0 saturated carbocycles. The van der Waals surface area contributed by atoms with Gasteiger partial charge in [0.1, 0.15) is 5.82 Å². The monoisotopic (exact) mass is 296 g/mol. The van der Waals surface area contributed by atoms with E-state index in [-0.39, 0.29) is 11.0 Å². The number of nitrogens with zero attached hydrogens (tertiary/aromatic N) is 1. The Balaban J connectivity index is 2.48. The highest BCUT2D eigenvalue weighted by atomic mass is 19.4. The predicted octanol–water partition coefficient (Wildman–Crippen LogP) is 3.75. The SMILES string of the molecule is CC(C)(C)c1nc(-c2ccc(C(F)(F)F)cc2)cc(=O)[nH]1. The number of aromatic amines is 1. The zero-order chi connectivity index (χ0) is 15.8. The summed E-state index contributed by atoms with van der Waals surface area (Å²) in [6.45, 7) is 5.67. The van der Waals surface area contributed by atoms with E-state index in [2.05, 4.69) is 9.97 Å². The fraction of sp³-hybridized carbons (Fsp3) is 0.333. The van der Waals surface area contributed by atoms with Crippen LogP contribution in [-0.2, 0) is 11.6 Å². The van der Waals surface area contributed by atoms with Crippen LogP contribution in [0.1, 0.15) is 32.2 Å². The fourth-order valence-electron chi connectivity index (χ4n) is 1.79. The Hall–Kier alpha value is -2.11. The lowest BCUT2D eigenvalue weighted by Crippen LogP contribution is -2.21.